The molecule has 1 fully saturated rings. The van der Waals surface area contributed by atoms with E-state index in [2.05, 4.69) is 6.07 Å². The molecule has 3 rings (SSSR count). The third-order valence-electron chi connectivity index (χ3n) is 4.57. The summed E-state index contributed by atoms with van der Waals surface area (Å²) in [5.41, 5.74) is 1.37. The summed E-state index contributed by atoms with van der Waals surface area (Å²) >= 11 is 1.66. The Labute approximate surface area is 147 Å². The molecule has 2 aliphatic rings. The van der Waals surface area contributed by atoms with Crippen molar-refractivity contribution in [1.82, 2.24) is 9.80 Å². The number of aryl methyl sites for hydroxylation is 2. The average molecular weight is 350 g/mol. The zero-order valence-corrected chi connectivity index (χ0v) is 15.4. The van der Waals surface area contributed by atoms with Gasteiger partial charge in [-0.05, 0) is 43.2 Å². The minimum absolute atomic E-state index is 0.115. The van der Waals surface area contributed by atoms with E-state index < -0.39 is 0 Å². The topological polar surface area (TPSA) is 49.9 Å². The highest BCUT2D eigenvalue weighted by molar-refractivity contribution is 7.14. The minimum Gasteiger partial charge on any atom is -0.449 e. The molecule has 0 radical (unpaired) electrons. The first kappa shape index (κ1) is 17.3. The summed E-state index contributed by atoms with van der Waals surface area (Å²) in [4.78, 5) is 30.5. The highest BCUT2D eigenvalue weighted by atomic mass is 32.1. The monoisotopic (exact) mass is 350 g/mol. The van der Waals surface area contributed by atoms with Crippen LogP contribution in [0.2, 0.25) is 0 Å². The molecule has 0 unspecified atom stereocenters. The van der Waals surface area contributed by atoms with Gasteiger partial charge >= 0.3 is 6.09 Å². The Hall–Kier alpha value is -1.56. The van der Waals surface area contributed by atoms with Crippen molar-refractivity contribution in [3.63, 3.8) is 0 Å². The van der Waals surface area contributed by atoms with Gasteiger partial charge in [-0.25, -0.2) is 4.79 Å². The highest BCUT2D eigenvalue weighted by Gasteiger charge is 2.27. The predicted molar refractivity (Wildman–Crippen MR) is 94.6 cm³/mol. The first-order valence-electron chi connectivity index (χ1n) is 8.87. The largest absolute Gasteiger partial charge is 0.449 e. The Morgan fingerprint density at radius 2 is 1.79 bits per heavy atom. The maximum atomic E-state index is 12.7. The lowest BCUT2D eigenvalue weighted by Crippen LogP contribution is -2.50. The van der Waals surface area contributed by atoms with Crippen molar-refractivity contribution in [3.05, 3.63) is 21.4 Å². The van der Waals surface area contributed by atoms with E-state index in [4.69, 9.17) is 4.74 Å². The maximum Gasteiger partial charge on any atom is 0.409 e. The molecule has 0 saturated carbocycles. The number of hydrogen-bond acceptors (Lipinski definition) is 4. The van der Waals surface area contributed by atoms with Gasteiger partial charge < -0.3 is 14.5 Å². The summed E-state index contributed by atoms with van der Waals surface area (Å²) in [6.45, 7) is 6.74. The number of piperazine rings is 1. The minimum atomic E-state index is -0.262. The van der Waals surface area contributed by atoms with Crippen LogP contribution in [0.1, 0.15) is 46.8 Å². The van der Waals surface area contributed by atoms with Crippen LogP contribution in [0.15, 0.2) is 6.07 Å². The van der Waals surface area contributed by atoms with Crippen LogP contribution in [0.4, 0.5) is 4.79 Å². The molecule has 0 N–H and O–H groups in total. The van der Waals surface area contributed by atoms with Crippen molar-refractivity contribution in [1.29, 1.82) is 0 Å². The first-order chi connectivity index (χ1) is 11.5. The molecule has 0 aromatic carbocycles. The zero-order valence-electron chi connectivity index (χ0n) is 14.5. The number of carbonyl (C=O) groups is 2. The summed E-state index contributed by atoms with van der Waals surface area (Å²) in [6, 6.07) is 2.09. The summed E-state index contributed by atoms with van der Waals surface area (Å²) < 4.78 is 5.26. The molecule has 1 aliphatic heterocycles. The van der Waals surface area contributed by atoms with E-state index in [-0.39, 0.29) is 12.0 Å². The normalized spacial score (nSPS) is 17.8. The molecule has 0 spiro atoms. The fraction of sp³-hybridized carbons (Fsp3) is 0.667. The van der Waals surface area contributed by atoms with Gasteiger partial charge in [-0.15, -0.1) is 11.3 Å². The van der Waals surface area contributed by atoms with E-state index in [1.807, 2.05) is 18.7 Å². The molecule has 1 aliphatic carbocycles. The van der Waals surface area contributed by atoms with E-state index in [1.165, 1.54) is 23.3 Å². The molecule has 132 valence electrons. The Morgan fingerprint density at radius 1 is 1.12 bits per heavy atom. The Morgan fingerprint density at radius 3 is 2.46 bits per heavy atom. The van der Waals surface area contributed by atoms with Gasteiger partial charge in [-0.3, -0.25) is 4.79 Å². The SMILES string of the molecule is CC(C)COC(=O)N1CCN(C(=O)c2cc3c(s2)CCCC3)CC1. The van der Waals surface area contributed by atoms with E-state index in [0.29, 0.717) is 38.7 Å². The third-order valence-corrected chi connectivity index (χ3v) is 5.80. The number of carbonyl (C=O) groups excluding carboxylic acids is 2. The predicted octanol–water partition coefficient (Wildman–Crippen LogP) is 3.18. The Balaban J connectivity index is 1.53. The molecule has 0 atom stereocenters. The van der Waals surface area contributed by atoms with Gasteiger partial charge in [0, 0.05) is 31.1 Å². The van der Waals surface area contributed by atoms with Gasteiger partial charge in [0.25, 0.3) is 5.91 Å². The van der Waals surface area contributed by atoms with Gasteiger partial charge in [-0.2, -0.15) is 0 Å². The number of nitrogens with zero attached hydrogens (tertiary/aromatic N) is 2. The number of rotatable bonds is 3. The van der Waals surface area contributed by atoms with Crippen LogP contribution in [-0.2, 0) is 17.6 Å². The molecule has 0 bridgehead atoms. The summed E-state index contributed by atoms with van der Waals surface area (Å²) in [7, 11) is 0. The quantitative estimate of drug-likeness (QED) is 0.841. The number of fused-ring (bicyclic) bond motifs is 1. The van der Waals surface area contributed by atoms with Crippen molar-refractivity contribution >= 4 is 23.3 Å². The lowest BCUT2D eigenvalue weighted by Gasteiger charge is -2.34. The maximum absolute atomic E-state index is 12.7. The summed E-state index contributed by atoms with van der Waals surface area (Å²) in [5.74, 6) is 0.450. The first-order valence-corrected chi connectivity index (χ1v) is 9.69. The van der Waals surface area contributed by atoms with Gasteiger partial charge in [0.1, 0.15) is 0 Å². The van der Waals surface area contributed by atoms with Gasteiger partial charge in [0.2, 0.25) is 0 Å². The second-order valence-electron chi connectivity index (χ2n) is 7.02. The van der Waals surface area contributed by atoms with E-state index in [9.17, 15) is 9.59 Å². The fourth-order valence-electron chi connectivity index (χ4n) is 3.17. The van der Waals surface area contributed by atoms with Crippen LogP contribution in [0, 0.1) is 5.92 Å². The molecule has 2 heterocycles. The van der Waals surface area contributed by atoms with Crippen LogP contribution in [0.3, 0.4) is 0 Å². The molecule has 1 aromatic heterocycles. The smallest absolute Gasteiger partial charge is 0.409 e. The van der Waals surface area contributed by atoms with E-state index in [1.54, 1.807) is 16.2 Å². The van der Waals surface area contributed by atoms with Crippen molar-refractivity contribution in [2.45, 2.75) is 39.5 Å². The van der Waals surface area contributed by atoms with Crippen molar-refractivity contribution < 1.29 is 14.3 Å². The van der Waals surface area contributed by atoms with Gasteiger partial charge in [0.05, 0.1) is 11.5 Å². The summed E-state index contributed by atoms with van der Waals surface area (Å²) in [6.07, 6.45) is 4.42. The van der Waals surface area contributed by atoms with Crippen LogP contribution in [-0.4, -0.2) is 54.6 Å². The molecule has 2 amide bonds. The van der Waals surface area contributed by atoms with Crippen molar-refractivity contribution in [3.8, 4) is 0 Å². The molecular formula is C18H26N2O3S. The number of hydrogen-bond donors (Lipinski definition) is 0. The van der Waals surface area contributed by atoms with E-state index in [0.717, 1.165) is 17.7 Å². The van der Waals surface area contributed by atoms with Crippen molar-refractivity contribution in [2.24, 2.45) is 5.92 Å². The molecule has 1 saturated heterocycles. The second-order valence-corrected chi connectivity index (χ2v) is 8.15. The van der Waals surface area contributed by atoms with Crippen LogP contribution < -0.4 is 0 Å². The second kappa shape index (κ2) is 7.55. The van der Waals surface area contributed by atoms with E-state index >= 15 is 0 Å². The zero-order chi connectivity index (χ0) is 17.1. The number of thiophene rings is 1. The molecular weight excluding hydrogens is 324 g/mol. The highest BCUT2D eigenvalue weighted by Crippen LogP contribution is 2.30. The molecule has 6 heteroatoms. The van der Waals surface area contributed by atoms with Crippen LogP contribution in [0.25, 0.3) is 0 Å². The molecule has 5 nitrogen and oxygen atoms in total. The molecule has 24 heavy (non-hydrogen) atoms. The lowest BCUT2D eigenvalue weighted by atomic mass is 9.99. The average Bonchev–Trinajstić information content (AvgIpc) is 3.03. The van der Waals surface area contributed by atoms with Crippen LogP contribution in [0.5, 0.6) is 0 Å². The van der Waals surface area contributed by atoms with Crippen molar-refractivity contribution in [2.75, 3.05) is 32.8 Å². The Kier molecular flexibility index (Phi) is 5.43. The third kappa shape index (κ3) is 3.91. The standard InChI is InChI=1S/C18H26N2O3S/c1-13(2)12-23-18(22)20-9-7-19(8-10-20)17(21)16-11-14-5-3-4-6-15(14)24-16/h11,13H,3-10,12H2,1-2H3. The molecule has 1 aromatic rings. The summed E-state index contributed by atoms with van der Waals surface area (Å²) in [5, 5.41) is 0. The Bertz CT molecular complexity index is 580. The number of amides is 2. The number of ether oxygens (including phenoxy) is 1. The van der Waals surface area contributed by atoms with Crippen LogP contribution >= 0.6 is 11.3 Å². The lowest BCUT2D eigenvalue weighted by molar-refractivity contribution is 0.0538. The van der Waals surface area contributed by atoms with Gasteiger partial charge in [0.15, 0.2) is 0 Å². The fourth-order valence-corrected chi connectivity index (χ4v) is 4.39. The van der Waals surface area contributed by atoms with Gasteiger partial charge in [-0.1, -0.05) is 13.8 Å².